The van der Waals surface area contributed by atoms with E-state index in [9.17, 15) is 14.4 Å². The summed E-state index contributed by atoms with van der Waals surface area (Å²) in [5, 5.41) is 5.81. The van der Waals surface area contributed by atoms with Crippen molar-refractivity contribution in [1.29, 1.82) is 0 Å². The van der Waals surface area contributed by atoms with E-state index >= 15 is 0 Å². The number of aldehydes is 1. The smallest absolute Gasteiger partial charge is 0.222 e. The molecular weight excluding hydrogens is 440 g/mol. The molecule has 34 heavy (non-hydrogen) atoms. The summed E-state index contributed by atoms with van der Waals surface area (Å²) < 4.78 is 21.6. The lowest BCUT2D eigenvalue weighted by Crippen LogP contribution is -2.27. The monoisotopic (exact) mass is 486 g/mol. The molecular formula is C25H46N2O7. The summed E-state index contributed by atoms with van der Waals surface area (Å²) in [6.07, 6.45) is 9.89. The Balaban J connectivity index is 1.73. The molecule has 0 bridgehead atoms. The average molecular weight is 487 g/mol. The van der Waals surface area contributed by atoms with Crippen molar-refractivity contribution in [3.05, 3.63) is 0 Å². The molecule has 1 rings (SSSR count). The average Bonchev–Trinajstić information content (AvgIpc) is 3.60. The molecule has 0 aromatic carbocycles. The quantitative estimate of drug-likeness (QED) is 0.151. The molecule has 9 heteroatoms. The first-order valence-corrected chi connectivity index (χ1v) is 13.0. The zero-order chi connectivity index (χ0) is 24.7. The van der Waals surface area contributed by atoms with Gasteiger partial charge >= 0.3 is 0 Å². The molecule has 0 radical (unpaired) electrons. The third kappa shape index (κ3) is 18.8. The van der Waals surface area contributed by atoms with E-state index in [1.54, 1.807) is 0 Å². The molecule has 0 saturated heterocycles. The molecule has 1 saturated carbocycles. The predicted octanol–water partition coefficient (Wildman–Crippen LogP) is 2.40. The topological polar surface area (TPSA) is 112 Å². The van der Waals surface area contributed by atoms with E-state index in [1.807, 2.05) is 0 Å². The maximum absolute atomic E-state index is 11.8. The number of nitrogens with one attached hydrogen (secondary N) is 2. The molecule has 198 valence electrons. The van der Waals surface area contributed by atoms with Crippen LogP contribution in [0.5, 0.6) is 0 Å². The van der Waals surface area contributed by atoms with Gasteiger partial charge in [-0.2, -0.15) is 0 Å². The van der Waals surface area contributed by atoms with Crippen LogP contribution in [0.4, 0.5) is 0 Å². The lowest BCUT2D eigenvalue weighted by atomic mass is 10.1. The summed E-state index contributed by atoms with van der Waals surface area (Å²) in [6.45, 7) is 6.69. The van der Waals surface area contributed by atoms with E-state index < -0.39 is 0 Å². The van der Waals surface area contributed by atoms with Crippen molar-refractivity contribution >= 4 is 18.1 Å². The highest BCUT2D eigenvalue weighted by atomic mass is 16.5. The summed E-state index contributed by atoms with van der Waals surface area (Å²) in [6, 6.07) is 0. The van der Waals surface area contributed by atoms with E-state index in [0.717, 1.165) is 51.2 Å². The molecule has 1 aliphatic rings. The highest BCUT2D eigenvalue weighted by Gasteiger charge is 2.36. The second kappa shape index (κ2) is 21.9. The number of amides is 2. The van der Waals surface area contributed by atoms with Crippen LogP contribution in [0.25, 0.3) is 0 Å². The maximum atomic E-state index is 11.8. The molecule has 0 spiro atoms. The molecule has 0 aliphatic heterocycles. The standard InChI is InChI=1S/C25H46N2O7/c1-2-22-21-23(22)34-15-10-25(30)26-11-7-5-3-4-6-9-24(29)27-12-16-32-18-20-33-19-17-31-14-8-13-28/h13,22-23H,2-12,14-21H2,1H3,(H,26,30)(H,27,29). The van der Waals surface area contributed by atoms with Crippen LogP contribution in [0.15, 0.2) is 0 Å². The van der Waals surface area contributed by atoms with Gasteiger partial charge in [0.1, 0.15) is 6.29 Å². The molecule has 0 aromatic heterocycles. The third-order valence-corrected chi connectivity index (χ3v) is 5.64. The second-order valence-electron chi connectivity index (χ2n) is 8.57. The highest BCUT2D eigenvalue weighted by Crippen LogP contribution is 2.36. The Morgan fingerprint density at radius 2 is 1.38 bits per heavy atom. The van der Waals surface area contributed by atoms with Crippen molar-refractivity contribution in [3.8, 4) is 0 Å². The molecule has 2 N–H and O–H groups in total. The van der Waals surface area contributed by atoms with Gasteiger partial charge in [0.25, 0.3) is 0 Å². The van der Waals surface area contributed by atoms with Gasteiger partial charge in [0, 0.05) is 32.4 Å². The van der Waals surface area contributed by atoms with Crippen molar-refractivity contribution in [1.82, 2.24) is 10.6 Å². The summed E-state index contributed by atoms with van der Waals surface area (Å²) >= 11 is 0. The Morgan fingerprint density at radius 3 is 2.09 bits per heavy atom. The van der Waals surface area contributed by atoms with Crippen molar-refractivity contribution in [2.24, 2.45) is 5.92 Å². The first kappa shape index (κ1) is 30.5. The van der Waals surface area contributed by atoms with Crippen molar-refractivity contribution in [3.63, 3.8) is 0 Å². The highest BCUT2D eigenvalue weighted by molar-refractivity contribution is 5.76. The van der Waals surface area contributed by atoms with E-state index in [4.69, 9.17) is 18.9 Å². The second-order valence-corrected chi connectivity index (χ2v) is 8.57. The van der Waals surface area contributed by atoms with Crippen LogP contribution in [0.2, 0.25) is 0 Å². The van der Waals surface area contributed by atoms with Gasteiger partial charge in [-0.15, -0.1) is 0 Å². The zero-order valence-electron chi connectivity index (χ0n) is 21.0. The minimum absolute atomic E-state index is 0.0539. The van der Waals surface area contributed by atoms with Crippen LogP contribution in [0.1, 0.15) is 71.1 Å². The molecule has 1 aliphatic carbocycles. The van der Waals surface area contributed by atoms with Gasteiger partial charge in [0.05, 0.1) is 52.4 Å². The fourth-order valence-electron chi connectivity index (χ4n) is 3.44. The fourth-order valence-corrected chi connectivity index (χ4v) is 3.44. The fraction of sp³-hybridized carbons (Fsp3) is 0.880. The zero-order valence-corrected chi connectivity index (χ0v) is 21.0. The Labute approximate surface area is 205 Å². The number of hydrogen-bond donors (Lipinski definition) is 2. The molecule has 1 fully saturated rings. The SMILES string of the molecule is CCC1CC1OCCC(=O)NCCCCCCCC(=O)NCCOCCOCCOCCC=O. The van der Waals surface area contributed by atoms with Gasteiger partial charge in [-0.3, -0.25) is 9.59 Å². The van der Waals surface area contributed by atoms with Crippen molar-refractivity contribution in [2.45, 2.75) is 77.2 Å². The van der Waals surface area contributed by atoms with Crippen LogP contribution in [0.3, 0.4) is 0 Å². The van der Waals surface area contributed by atoms with Crippen molar-refractivity contribution in [2.75, 3.05) is 59.3 Å². The largest absolute Gasteiger partial charge is 0.379 e. The van der Waals surface area contributed by atoms with E-state index in [-0.39, 0.29) is 11.8 Å². The van der Waals surface area contributed by atoms with Gasteiger partial charge in [-0.05, 0) is 25.2 Å². The van der Waals surface area contributed by atoms with Gasteiger partial charge in [0.2, 0.25) is 11.8 Å². The molecule has 9 nitrogen and oxygen atoms in total. The first-order valence-electron chi connectivity index (χ1n) is 13.0. The van der Waals surface area contributed by atoms with Crippen LogP contribution >= 0.6 is 0 Å². The van der Waals surface area contributed by atoms with Gasteiger partial charge < -0.3 is 34.4 Å². The predicted molar refractivity (Wildman–Crippen MR) is 130 cm³/mol. The van der Waals surface area contributed by atoms with Gasteiger partial charge in [-0.25, -0.2) is 0 Å². The Kier molecular flexibility index (Phi) is 19.7. The lowest BCUT2D eigenvalue weighted by molar-refractivity contribution is -0.122. The van der Waals surface area contributed by atoms with Crippen LogP contribution < -0.4 is 10.6 Å². The molecule has 0 aromatic rings. The van der Waals surface area contributed by atoms with Crippen LogP contribution in [-0.2, 0) is 33.3 Å². The summed E-state index contributed by atoms with van der Waals surface area (Å²) in [5.41, 5.74) is 0. The summed E-state index contributed by atoms with van der Waals surface area (Å²) in [4.78, 5) is 33.7. The number of carbonyl (C=O) groups excluding carboxylic acids is 3. The maximum Gasteiger partial charge on any atom is 0.222 e. The van der Waals surface area contributed by atoms with Gasteiger partial charge in [-0.1, -0.05) is 32.6 Å². The number of ether oxygens (including phenoxy) is 4. The number of rotatable bonds is 25. The van der Waals surface area contributed by atoms with Crippen molar-refractivity contribution < 1.29 is 33.3 Å². The molecule has 2 unspecified atom stereocenters. The number of unbranched alkanes of at least 4 members (excludes halogenated alkanes) is 4. The minimum atomic E-state index is 0.0539. The molecule has 2 amide bonds. The first-order chi connectivity index (χ1) is 16.7. The van der Waals surface area contributed by atoms with Crippen LogP contribution in [-0.4, -0.2) is 83.5 Å². The Bertz CT molecular complexity index is 533. The minimum Gasteiger partial charge on any atom is -0.379 e. The molecule has 2 atom stereocenters. The van der Waals surface area contributed by atoms with Gasteiger partial charge in [0.15, 0.2) is 0 Å². The van der Waals surface area contributed by atoms with Crippen LogP contribution in [0, 0.1) is 5.92 Å². The summed E-state index contributed by atoms with van der Waals surface area (Å²) in [5.74, 6) is 0.828. The number of carbonyl (C=O) groups is 3. The summed E-state index contributed by atoms with van der Waals surface area (Å²) in [7, 11) is 0. The third-order valence-electron chi connectivity index (χ3n) is 5.64. The van der Waals surface area contributed by atoms with E-state index in [1.165, 1.54) is 0 Å². The Morgan fingerprint density at radius 1 is 0.765 bits per heavy atom. The molecule has 0 heterocycles. The van der Waals surface area contributed by atoms with E-state index in [2.05, 4.69) is 17.6 Å². The normalized spacial score (nSPS) is 16.9. The number of hydrogen-bond acceptors (Lipinski definition) is 7. The Hall–Kier alpha value is -1.55. The lowest BCUT2D eigenvalue weighted by Gasteiger charge is -2.08. The van der Waals surface area contributed by atoms with E-state index in [0.29, 0.717) is 90.6 Å².